The highest BCUT2D eigenvalue weighted by atomic mass is 16.2. The first-order chi connectivity index (χ1) is 13.5. The number of aryl methyl sites for hydroxylation is 1. The van der Waals surface area contributed by atoms with E-state index in [9.17, 15) is 9.59 Å². The molecular weight excluding hydrogens is 350 g/mol. The number of pyridine rings is 1. The van der Waals surface area contributed by atoms with Gasteiger partial charge < -0.3 is 9.80 Å². The Hall–Kier alpha value is -3.21. The standard InChI is InChI=1S/C23H23N3O2/c1-16-14-19(18-10-6-7-11-20(18)24-16)22(27)25(2)21-12-13-26(23(21)28)15-17-8-4-3-5-9-17/h3-11,14,21H,12-13,15H2,1-2H3. The van der Waals surface area contributed by atoms with Crippen LogP contribution in [0.4, 0.5) is 0 Å². The molecule has 1 aliphatic rings. The number of nitrogens with zero attached hydrogens (tertiary/aromatic N) is 3. The van der Waals surface area contributed by atoms with E-state index in [0.717, 1.165) is 22.2 Å². The van der Waals surface area contributed by atoms with Crippen LogP contribution >= 0.6 is 0 Å². The largest absolute Gasteiger partial charge is 0.336 e. The molecule has 0 N–H and O–H groups in total. The van der Waals surface area contributed by atoms with Crippen molar-refractivity contribution in [3.63, 3.8) is 0 Å². The van der Waals surface area contributed by atoms with Crippen molar-refractivity contribution in [3.8, 4) is 0 Å². The predicted molar refractivity (Wildman–Crippen MR) is 109 cm³/mol. The molecule has 1 saturated heterocycles. The molecule has 5 heteroatoms. The molecule has 2 aromatic carbocycles. The normalized spacial score (nSPS) is 16.6. The van der Waals surface area contributed by atoms with Gasteiger partial charge in [0.05, 0.1) is 11.1 Å². The van der Waals surface area contributed by atoms with E-state index in [2.05, 4.69) is 4.98 Å². The summed E-state index contributed by atoms with van der Waals surface area (Å²) in [5.41, 5.74) is 3.28. The van der Waals surface area contributed by atoms with Crippen LogP contribution in [0.25, 0.3) is 10.9 Å². The van der Waals surface area contributed by atoms with E-state index in [4.69, 9.17) is 0 Å². The van der Waals surface area contributed by atoms with E-state index in [1.54, 1.807) is 11.9 Å². The Kier molecular flexibility index (Phi) is 4.82. The third-order valence-corrected chi connectivity index (χ3v) is 5.35. The highest BCUT2D eigenvalue weighted by molar-refractivity contribution is 6.07. The van der Waals surface area contributed by atoms with Crippen molar-refractivity contribution >= 4 is 22.7 Å². The molecule has 0 radical (unpaired) electrons. The number of benzene rings is 2. The summed E-state index contributed by atoms with van der Waals surface area (Å²) < 4.78 is 0. The number of fused-ring (bicyclic) bond motifs is 1. The molecule has 1 unspecified atom stereocenters. The Morgan fingerprint density at radius 1 is 1.14 bits per heavy atom. The molecule has 28 heavy (non-hydrogen) atoms. The summed E-state index contributed by atoms with van der Waals surface area (Å²) in [5, 5.41) is 0.816. The van der Waals surface area contributed by atoms with Gasteiger partial charge in [0, 0.05) is 31.2 Å². The molecule has 0 spiro atoms. The summed E-state index contributed by atoms with van der Waals surface area (Å²) in [6.07, 6.45) is 0.649. The van der Waals surface area contributed by atoms with Crippen molar-refractivity contribution in [2.75, 3.05) is 13.6 Å². The summed E-state index contributed by atoms with van der Waals surface area (Å²) in [5.74, 6) is -0.128. The highest BCUT2D eigenvalue weighted by Gasteiger charge is 2.37. The fourth-order valence-electron chi connectivity index (χ4n) is 3.86. The summed E-state index contributed by atoms with van der Waals surface area (Å²) in [4.78, 5) is 34.1. The number of para-hydroxylation sites is 1. The number of rotatable bonds is 4. The second-order valence-electron chi connectivity index (χ2n) is 7.29. The van der Waals surface area contributed by atoms with E-state index in [-0.39, 0.29) is 11.8 Å². The van der Waals surface area contributed by atoms with E-state index >= 15 is 0 Å². The Balaban J connectivity index is 1.56. The van der Waals surface area contributed by atoms with E-state index in [0.29, 0.717) is 25.1 Å². The van der Waals surface area contributed by atoms with Gasteiger partial charge in [-0.2, -0.15) is 0 Å². The molecule has 2 amide bonds. The fourth-order valence-corrected chi connectivity index (χ4v) is 3.86. The summed E-state index contributed by atoms with van der Waals surface area (Å²) in [6.45, 7) is 3.12. The van der Waals surface area contributed by atoms with Crippen LogP contribution in [-0.2, 0) is 11.3 Å². The number of hydrogen-bond acceptors (Lipinski definition) is 3. The van der Waals surface area contributed by atoms with E-state index < -0.39 is 6.04 Å². The van der Waals surface area contributed by atoms with E-state index in [1.165, 1.54) is 0 Å². The second kappa shape index (κ2) is 7.43. The Labute approximate surface area is 164 Å². The number of amides is 2. The van der Waals surface area contributed by atoms with Gasteiger partial charge in [0.2, 0.25) is 5.91 Å². The lowest BCUT2D eigenvalue weighted by atomic mass is 10.1. The van der Waals surface area contributed by atoms with Crippen LogP contribution in [0.3, 0.4) is 0 Å². The van der Waals surface area contributed by atoms with Crippen LogP contribution in [0.15, 0.2) is 60.7 Å². The minimum Gasteiger partial charge on any atom is -0.336 e. The van der Waals surface area contributed by atoms with Crippen molar-refractivity contribution in [1.29, 1.82) is 0 Å². The van der Waals surface area contributed by atoms with Crippen LogP contribution < -0.4 is 0 Å². The maximum Gasteiger partial charge on any atom is 0.255 e. The van der Waals surface area contributed by atoms with Gasteiger partial charge in [0.25, 0.3) is 5.91 Å². The minimum absolute atomic E-state index is 0.00906. The molecule has 142 valence electrons. The molecule has 0 aliphatic carbocycles. The number of likely N-dealkylation sites (N-methyl/N-ethyl adjacent to an activating group) is 1. The molecule has 3 aromatic rings. The Morgan fingerprint density at radius 3 is 2.64 bits per heavy atom. The lowest BCUT2D eigenvalue weighted by molar-refractivity contribution is -0.131. The van der Waals surface area contributed by atoms with Crippen molar-refractivity contribution in [2.45, 2.75) is 25.9 Å². The summed E-state index contributed by atoms with van der Waals surface area (Å²) in [6, 6.07) is 18.9. The van der Waals surface area contributed by atoms with Gasteiger partial charge >= 0.3 is 0 Å². The van der Waals surface area contributed by atoms with Crippen molar-refractivity contribution in [3.05, 3.63) is 77.5 Å². The molecule has 0 saturated carbocycles. The summed E-state index contributed by atoms with van der Waals surface area (Å²) in [7, 11) is 1.72. The lowest BCUT2D eigenvalue weighted by Gasteiger charge is -2.25. The van der Waals surface area contributed by atoms with Gasteiger partial charge in [-0.15, -0.1) is 0 Å². The van der Waals surface area contributed by atoms with Crippen LogP contribution in [0.5, 0.6) is 0 Å². The first-order valence-corrected chi connectivity index (χ1v) is 9.51. The lowest BCUT2D eigenvalue weighted by Crippen LogP contribution is -2.42. The Bertz CT molecular complexity index is 1030. The zero-order valence-corrected chi connectivity index (χ0v) is 16.1. The number of carbonyl (C=O) groups is 2. The molecular formula is C23H23N3O2. The van der Waals surface area contributed by atoms with Crippen LogP contribution in [0, 0.1) is 6.92 Å². The summed E-state index contributed by atoms with van der Waals surface area (Å²) >= 11 is 0. The SMILES string of the molecule is Cc1cc(C(=O)N(C)C2CCN(Cc3ccccc3)C2=O)c2ccccc2n1. The number of carbonyl (C=O) groups excluding carboxylic acids is 2. The molecule has 0 bridgehead atoms. The zero-order chi connectivity index (χ0) is 19.7. The molecule has 1 fully saturated rings. The Morgan fingerprint density at radius 2 is 1.86 bits per heavy atom. The maximum atomic E-state index is 13.2. The monoisotopic (exact) mass is 373 g/mol. The fraction of sp³-hybridized carbons (Fsp3) is 0.261. The topological polar surface area (TPSA) is 53.5 Å². The first-order valence-electron chi connectivity index (χ1n) is 9.51. The average Bonchev–Trinajstić information content (AvgIpc) is 3.07. The molecule has 4 rings (SSSR count). The first kappa shape index (κ1) is 18.2. The predicted octanol–water partition coefficient (Wildman–Crippen LogP) is 3.42. The minimum atomic E-state index is -0.427. The number of aromatic nitrogens is 1. The molecule has 2 heterocycles. The zero-order valence-electron chi connectivity index (χ0n) is 16.1. The van der Waals surface area contributed by atoms with Crippen molar-refractivity contribution in [2.24, 2.45) is 0 Å². The quantitative estimate of drug-likeness (QED) is 0.704. The third-order valence-electron chi connectivity index (χ3n) is 5.35. The van der Waals surface area contributed by atoms with Crippen LogP contribution in [-0.4, -0.2) is 46.2 Å². The van der Waals surface area contributed by atoms with Gasteiger partial charge in [-0.1, -0.05) is 48.5 Å². The third kappa shape index (κ3) is 3.36. The van der Waals surface area contributed by atoms with Gasteiger partial charge in [0.1, 0.15) is 6.04 Å². The van der Waals surface area contributed by atoms with Crippen LogP contribution in [0.1, 0.15) is 28.0 Å². The average molecular weight is 373 g/mol. The second-order valence-corrected chi connectivity index (χ2v) is 7.29. The highest BCUT2D eigenvalue weighted by Crippen LogP contribution is 2.24. The maximum absolute atomic E-state index is 13.2. The molecule has 5 nitrogen and oxygen atoms in total. The molecule has 1 aliphatic heterocycles. The van der Waals surface area contributed by atoms with Gasteiger partial charge in [-0.3, -0.25) is 14.6 Å². The number of hydrogen-bond donors (Lipinski definition) is 0. The van der Waals surface area contributed by atoms with Crippen LogP contribution in [0.2, 0.25) is 0 Å². The van der Waals surface area contributed by atoms with E-state index in [1.807, 2.05) is 72.5 Å². The van der Waals surface area contributed by atoms with Gasteiger partial charge in [-0.25, -0.2) is 0 Å². The molecule has 1 aromatic heterocycles. The number of likely N-dealkylation sites (tertiary alicyclic amines) is 1. The van der Waals surface area contributed by atoms with Gasteiger partial charge in [-0.05, 0) is 31.0 Å². The van der Waals surface area contributed by atoms with Crippen molar-refractivity contribution in [1.82, 2.24) is 14.8 Å². The smallest absolute Gasteiger partial charge is 0.255 e. The van der Waals surface area contributed by atoms with Gasteiger partial charge in [0.15, 0.2) is 0 Å². The van der Waals surface area contributed by atoms with Crippen molar-refractivity contribution < 1.29 is 9.59 Å². The molecule has 1 atom stereocenters.